The fourth-order valence-electron chi connectivity index (χ4n) is 0.157. The zero-order valence-electron chi connectivity index (χ0n) is 5.10. The van der Waals surface area contributed by atoms with Gasteiger partial charge in [0.2, 0.25) is 0 Å². The molecule has 0 aromatic carbocycles. The predicted octanol–water partition coefficient (Wildman–Crippen LogP) is 0.635. The molecule has 2 heterocycles. The zero-order chi connectivity index (χ0) is 5.82. The highest BCUT2D eigenvalue weighted by atomic mass is 35.5. The van der Waals surface area contributed by atoms with Crippen molar-refractivity contribution in [2.75, 3.05) is 25.6 Å². The van der Waals surface area contributed by atoms with Crippen LogP contribution in [0, 0.1) is 0 Å². The van der Waals surface area contributed by atoms with Gasteiger partial charge in [0, 0.05) is 13.1 Å². The number of epoxide rings is 1. The molecule has 2 rings (SSSR count). The van der Waals surface area contributed by atoms with E-state index in [2.05, 4.69) is 5.32 Å². The van der Waals surface area contributed by atoms with Crippen molar-refractivity contribution in [3.8, 4) is 0 Å². The summed E-state index contributed by atoms with van der Waals surface area (Å²) in [6.45, 7) is 3.38. The molecule has 0 saturated carbocycles. The molecule has 0 spiro atoms. The lowest BCUT2D eigenvalue weighted by atomic mass is 10.6. The van der Waals surface area contributed by atoms with Gasteiger partial charge in [0.15, 0.2) is 0 Å². The topological polar surface area (TPSA) is 34.5 Å². The van der Waals surface area contributed by atoms with Crippen molar-refractivity contribution in [3.63, 3.8) is 0 Å². The van der Waals surface area contributed by atoms with Crippen LogP contribution < -0.4 is 5.32 Å². The molecule has 0 radical (unpaired) electrons. The van der Waals surface area contributed by atoms with Crippen LogP contribution in [0.1, 0.15) is 0 Å². The van der Waals surface area contributed by atoms with E-state index in [0.717, 1.165) is 6.61 Å². The highest BCUT2D eigenvalue weighted by Crippen LogP contribution is 2.08. The first-order valence-electron chi connectivity index (χ1n) is 2.82. The van der Waals surface area contributed by atoms with E-state index in [-0.39, 0.29) is 12.4 Å². The monoisotopic (exact) mass is 171 g/mol. The molecule has 1 atom stereocenters. The predicted molar refractivity (Wildman–Crippen MR) is 40.6 cm³/mol. The number of halogens is 2. The van der Waals surface area contributed by atoms with E-state index >= 15 is 0 Å². The maximum absolute atomic E-state index is 5.27. The average molecular weight is 172 g/mol. The minimum atomic E-state index is 0. The molecule has 2 aliphatic rings. The van der Waals surface area contributed by atoms with Crippen LogP contribution in [0.3, 0.4) is 0 Å². The normalized spacial score (nSPS) is 27.0. The number of alkyl halides is 1. The van der Waals surface area contributed by atoms with Gasteiger partial charge < -0.3 is 10.1 Å². The van der Waals surface area contributed by atoms with E-state index < -0.39 is 0 Å². The fraction of sp³-hybridized carbons (Fsp3) is 1.00. The first-order valence-corrected chi connectivity index (χ1v) is 3.35. The van der Waals surface area contributed by atoms with Crippen LogP contribution in [0.4, 0.5) is 0 Å². The van der Waals surface area contributed by atoms with E-state index in [0.29, 0.717) is 12.0 Å². The summed E-state index contributed by atoms with van der Waals surface area (Å²) in [6, 6.07) is 0. The lowest BCUT2D eigenvalue weighted by Gasteiger charge is -1.67. The van der Waals surface area contributed by atoms with Gasteiger partial charge >= 0.3 is 0 Å². The van der Waals surface area contributed by atoms with Crippen molar-refractivity contribution >= 4 is 24.0 Å². The molecular weight excluding hydrogens is 161 g/mol. The molecule has 2 nitrogen and oxygen atoms in total. The molecule has 2 fully saturated rings. The molecule has 56 valence electrons. The van der Waals surface area contributed by atoms with Crippen molar-refractivity contribution in [2.24, 2.45) is 0 Å². The van der Waals surface area contributed by atoms with Crippen LogP contribution in [-0.2, 0) is 4.74 Å². The highest BCUT2D eigenvalue weighted by molar-refractivity contribution is 6.18. The highest BCUT2D eigenvalue weighted by Gasteiger charge is 2.19. The largest absolute Gasteiger partial charge is 0.372 e. The maximum Gasteiger partial charge on any atom is 0.0944 e. The summed E-state index contributed by atoms with van der Waals surface area (Å²) in [4.78, 5) is 0. The Hall–Kier alpha value is 0.500. The summed E-state index contributed by atoms with van der Waals surface area (Å²) >= 11 is 5.27. The number of hydrogen-bond donors (Lipinski definition) is 1. The van der Waals surface area contributed by atoms with E-state index in [1.807, 2.05) is 0 Å². The molecule has 0 bridgehead atoms. The second-order valence-electron chi connectivity index (χ2n) is 1.86. The first kappa shape index (κ1) is 9.50. The second-order valence-corrected chi connectivity index (χ2v) is 2.17. The Balaban J connectivity index is 0.000000140. The van der Waals surface area contributed by atoms with Gasteiger partial charge in [-0.1, -0.05) is 0 Å². The van der Waals surface area contributed by atoms with Gasteiger partial charge in [0.25, 0.3) is 0 Å². The molecule has 2 aliphatic heterocycles. The molecule has 4 heteroatoms. The molecule has 0 aliphatic carbocycles. The minimum Gasteiger partial charge on any atom is -0.372 e. The summed E-state index contributed by atoms with van der Waals surface area (Å²) in [5.74, 6) is 0.667. The molecule has 9 heavy (non-hydrogen) atoms. The number of hydrogen-bond acceptors (Lipinski definition) is 2. The Kier molecular flexibility index (Phi) is 5.59. The van der Waals surface area contributed by atoms with Crippen LogP contribution >= 0.6 is 24.0 Å². The van der Waals surface area contributed by atoms with Gasteiger partial charge in [-0.15, -0.1) is 24.0 Å². The van der Waals surface area contributed by atoms with E-state index in [1.165, 1.54) is 13.1 Å². The molecule has 1 unspecified atom stereocenters. The van der Waals surface area contributed by atoms with Gasteiger partial charge in [0.1, 0.15) is 0 Å². The zero-order valence-corrected chi connectivity index (χ0v) is 6.67. The van der Waals surface area contributed by atoms with Crippen molar-refractivity contribution in [3.05, 3.63) is 0 Å². The Morgan fingerprint density at radius 2 is 2.00 bits per heavy atom. The van der Waals surface area contributed by atoms with Crippen molar-refractivity contribution in [1.29, 1.82) is 0 Å². The van der Waals surface area contributed by atoms with Crippen LogP contribution in [-0.4, -0.2) is 31.7 Å². The van der Waals surface area contributed by atoms with E-state index in [1.54, 1.807) is 0 Å². The molecule has 0 aromatic rings. The molecule has 0 aromatic heterocycles. The van der Waals surface area contributed by atoms with Crippen molar-refractivity contribution in [2.45, 2.75) is 6.10 Å². The standard InChI is InChI=1S/C3H5ClO.C2H5N.ClH/c4-1-3-2-5-3;1-2-3-1;/h3H,1-2H2;3H,1-2H2;1H. The Morgan fingerprint density at radius 1 is 1.56 bits per heavy atom. The molecule has 1 N–H and O–H groups in total. The SMILES string of the molecule is C1CN1.Cl.ClCC1CO1. The fourth-order valence-corrected chi connectivity index (χ4v) is 0.335. The Morgan fingerprint density at radius 3 is 2.00 bits per heavy atom. The average Bonchev–Trinajstić information content (AvgIpc) is 2.65. The van der Waals surface area contributed by atoms with Gasteiger partial charge in [-0.3, -0.25) is 0 Å². The van der Waals surface area contributed by atoms with Gasteiger partial charge in [-0.05, 0) is 0 Å². The summed E-state index contributed by atoms with van der Waals surface area (Å²) in [5, 5.41) is 3.00. The van der Waals surface area contributed by atoms with E-state index in [4.69, 9.17) is 16.3 Å². The third-order valence-electron chi connectivity index (χ3n) is 0.824. The van der Waals surface area contributed by atoms with Gasteiger partial charge in [0.05, 0.1) is 18.6 Å². The summed E-state index contributed by atoms with van der Waals surface area (Å²) < 4.78 is 4.73. The van der Waals surface area contributed by atoms with Crippen LogP contribution in [0.5, 0.6) is 0 Å². The van der Waals surface area contributed by atoms with Crippen molar-refractivity contribution in [1.82, 2.24) is 5.32 Å². The first-order chi connectivity index (χ1) is 3.93. The quantitative estimate of drug-likeness (QED) is 0.465. The van der Waals surface area contributed by atoms with Crippen molar-refractivity contribution < 1.29 is 4.74 Å². The molecule has 0 amide bonds. The van der Waals surface area contributed by atoms with Crippen LogP contribution in [0.15, 0.2) is 0 Å². The maximum atomic E-state index is 5.27. The van der Waals surface area contributed by atoms with Crippen LogP contribution in [0.25, 0.3) is 0 Å². The third-order valence-corrected chi connectivity index (χ3v) is 1.17. The Labute approximate surface area is 66.3 Å². The number of ether oxygens (including phenoxy) is 1. The van der Waals surface area contributed by atoms with Gasteiger partial charge in [-0.25, -0.2) is 0 Å². The lowest BCUT2D eigenvalue weighted by Crippen LogP contribution is -1.80. The summed E-state index contributed by atoms with van der Waals surface area (Å²) in [6.07, 6.45) is 0.400. The molecular formula is C5H11Cl2NO. The second kappa shape index (κ2) is 5.30. The minimum absolute atomic E-state index is 0. The number of rotatable bonds is 1. The van der Waals surface area contributed by atoms with Gasteiger partial charge in [-0.2, -0.15) is 0 Å². The number of nitrogens with one attached hydrogen (secondary N) is 1. The smallest absolute Gasteiger partial charge is 0.0944 e. The Bertz CT molecular complexity index is 63.2. The summed E-state index contributed by atoms with van der Waals surface area (Å²) in [5.41, 5.74) is 0. The van der Waals surface area contributed by atoms with E-state index in [9.17, 15) is 0 Å². The summed E-state index contributed by atoms with van der Waals surface area (Å²) in [7, 11) is 0. The lowest BCUT2D eigenvalue weighted by molar-refractivity contribution is 0.425. The van der Waals surface area contributed by atoms with Crippen LogP contribution in [0.2, 0.25) is 0 Å². The third kappa shape index (κ3) is 8.50. The molecule has 2 saturated heterocycles.